The van der Waals surface area contributed by atoms with E-state index in [-0.39, 0.29) is 24.2 Å². The van der Waals surface area contributed by atoms with Crippen molar-refractivity contribution >= 4 is 29.9 Å². The highest BCUT2D eigenvalue weighted by Gasteiger charge is 2.18. The second-order valence-corrected chi connectivity index (χ2v) is 7.78. The van der Waals surface area contributed by atoms with E-state index in [1.54, 1.807) is 0 Å². The summed E-state index contributed by atoms with van der Waals surface area (Å²) in [4.78, 5) is 24.6. The maximum Gasteiger partial charge on any atom is 0.251 e. The number of nitrogens with one attached hydrogen (secondary N) is 3. The monoisotopic (exact) mass is 393 g/mol. The third-order valence-corrected chi connectivity index (χ3v) is 5.65. The molecule has 0 spiro atoms. The Morgan fingerprint density at radius 2 is 1.93 bits per heavy atom. The van der Waals surface area contributed by atoms with Crippen LogP contribution in [0.15, 0.2) is 18.2 Å². The van der Waals surface area contributed by atoms with Gasteiger partial charge in [-0.05, 0) is 75.4 Å². The Hall–Kier alpha value is -1.59. The highest BCUT2D eigenvalue weighted by molar-refractivity contribution is 5.96. The van der Waals surface area contributed by atoms with Crippen molar-refractivity contribution in [3.8, 4) is 0 Å². The maximum absolute atomic E-state index is 12.4. The summed E-state index contributed by atoms with van der Waals surface area (Å²) < 4.78 is 0. The average molecular weight is 394 g/mol. The van der Waals surface area contributed by atoms with Crippen LogP contribution in [-0.4, -0.2) is 30.9 Å². The van der Waals surface area contributed by atoms with Gasteiger partial charge in [-0.25, -0.2) is 0 Å². The number of carbonyl (C=O) groups excluding carboxylic acids is 2. The zero-order valence-electron chi connectivity index (χ0n) is 16.2. The highest BCUT2D eigenvalue weighted by atomic mass is 35.5. The Morgan fingerprint density at radius 3 is 2.59 bits per heavy atom. The van der Waals surface area contributed by atoms with E-state index >= 15 is 0 Å². The first-order valence-electron chi connectivity index (χ1n) is 10.0. The number of halogens is 1. The number of hydrogen-bond acceptors (Lipinski definition) is 3. The van der Waals surface area contributed by atoms with Gasteiger partial charge in [-0.3, -0.25) is 9.59 Å². The summed E-state index contributed by atoms with van der Waals surface area (Å²) in [6, 6.07) is 5.83. The molecule has 1 aliphatic carbocycles. The van der Waals surface area contributed by atoms with Crippen LogP contribution in [0.2, 0.25) is 0 Å². The highest BCUT2D eigenvalue weighted by Crippen LogP contribution is 2.21. The summed E-state index contributed by atoms with van der Waals surface area (Å²) in [7, 11) is 0. The summed E-state index contributed by atoms with van der Waals surface area (Å²) in [6.07, 6.45) is 8.48. The molecule has 5 nitrogen and oxygen atoms in total. The van der Waals surface area contributed by atoms with E-state index in [4.69, 9.17) is 0 Å². The molecule has 1 unspecified atom stereocenters. The van der Waals surface area contributed by atoms with E-state index in [1.165, 1.54) is 19.3 Å². The van der Waals surface area contributed by atoms with E-state index in [0.29, 0.717) is 23.9 Å². The number of rotatable bonds is 6. The molecule has 2 fully saturated rings. The molecule has 1 aromatic carbocycles. The Kier molecular flexibility index (Phi) is 8.58. The first kappa shape index (κ1) is 21.7. The van der Waals surface area contributed by atoms with Crippen LogP contribution in [-0.2, 0) is 4.79 Å². The third-order valence-electron chi connectivity index (χ3n) is 5.65. The van der Waals surface area contributed by atoms with Crippen LogP contribution < -0.4 is 16.0 Å². The molecular weight excluding hydrogens is 362 g/mol. The lowest BCUT2D eigenvalue weighted by molar-refractivity contribution is -0.116. The van der Waals surface area contributed by atoms with E-state index in [9.17, 15) is 9.59 Å². The van der Waals surface area contributed by atoms with Crippen molar-refractivity contribution in [3.05, 3.63) is 29.3 Å². The largest absolute Gasteiger partial charge is 0.349 e. The van der Waals surface area contributed by atoms with Gasteiger partial charge in [0.15, 0.2) is 0 Å². The standard InChI is InChI=1S/C21H31N3O2.ClH/c1-15-13-17(21(26)23-18-5-3-2-4-6-18)8-9-19(15)24-20(25)10-7-16-11-12-22-14-16;/h8-9,13,16,18,22H,2-7,10-12,14H2,1H3,(H,23,26)(H,24,25);1H. The van der Waals surface area contributed by atoms with Crippen molar-refractivity contribution in [1.29, 1.82) is 0 Å². The molecule has 27 heavy (non-hydrogen) atoms. The average Bonchev–Trinajstić information content (AvgIpc) is 3.16. The summed E-state index contributed by atoms with van der Waals surface area (Å²) in [6.45, 7) is 4.03. The molecule has 0 aromatic heterocycles. The van der Waals surface area contributed by atoms with Crippen LogP contribution in [0.25, 0.3) is 0 Å². The van der Waals surface area contributed by atoms with Gasteiger partial charge in [-0.2, -0.15) is 0 Å². The fraction of sp³-hybridized carbons (Fsp3) is 0.619. The van der Waals surface area contributed by atoms with Crippen molar-refractivity contribution in [2.24, 2.45) is 5.92 Å². The first-order chi connectivity index (χ1) is 12.6. The third kappa shape index (κ3) is 6.51. The predicted octanol–water partition coefficient (Wildman–Crippen LogP) is 3.81. The molecule has 3 rings (SSSR count). The van der Waals surface area contributed by atoms with Crippen molar-refractivity contribution in [2.45, 2.75) is 64.3 Å². The Morgan fingerprint density at radius 1 is 1.15 bits per heavy atom. The van der Waals surface area contributed by atoms with Gasteiger partial charge >= 0.3 is 0 Å². The van der Waals surface area contributed by atoms with Crippen molar-refractivity contribution < 1.29 is 9.59 Å². The van der Waals surface area contributed by atoms with Gasteiger partial charge in [-0.1, -0.05) is 19.3 Å². The second kappa shape index (κ2) is 10.7. The summed E-state index contributed by atoms with van der Waals surface area (Å²) in [5.74, 6) is 0.665. The smallest absolute Gasteiger partial charge is 0.251 e. The quantitative estimate of drug-likeness (QED) is 0.688. The molecule has 1 aliphatic heterocycles. The Bertz CT molecular complexity index is 638. The molecule has 3 N–H and O–H groups in total. The molecule has 1 atom stereocenters. The lowest BCUT2D eigenvalue weighted by atomic mass is 9.95. The minimum atomic E-state index is -0.00777. The van der Waals surface area contributed by atoms with E-state index in [0.717, 1.165) is 50.0 Å². The molecule has 1 heterocycles. The van der Waals surface area contributed by atoms with Crippen molar-refractivity contribution in [3.63, 3.8) is 0 Å². The zero-order valence-corrected chi connectivity index (χ0v) is 17.0. The van der Waals surface area contributed by atoms with Gasteiger partial charge in [0.05, 0.1) is 0 Å². The minimum absolute atomic E-state index is 0. The second-order valence-electron chi connectivity index (χ2n) is 7.78. The van der Waals surface area contributed by atoms with Gasteiger partial charge in [0, 0.05) is 23.7 Å². The van der Waals surface area contributed by atoms with Crippen LogP contribution in [0.4, 0.5) is 5.69 Å². The van der Waals surface area contributed by atoms with Gasteiger partial charge in [0.25, 0.3) is 5.91 Å². The maximum atomic E-state index is 12.4. The Labute approximate surface area is 168 Å². The summed E-state index contributed by atoms with van der Waals surface area (Å²) in [5.41, 5.74) is 2.40. The zero-order chi connectivity index (χ0) is 18.4. The number of carbonyl (C=O) groups is 2. The summed E-state index contributed by atoms with van der Waals surface area (Å²) in [5, 5.41) is 9.46. The molecule has 1 saturated heterocycles. The van der Waals surface area contributed by atoms with E-state index in [2.05, 4.69) is 16.0 Å². The Balaban J connectivity index is 0.00000261. The van der Waals surface area contributed by atoms with Crippen LogP contribution in [0.1, 0.15) is 67.3 Å². The molecule has 1 aromatic rings. The molecule has 0 bridgehead atoms. The van der Waals surface area contributed by atoms with Crippen LogP contribution in [0.5, 0.6) is 0 Å². The van der Waals surface area contributed by atoms with Crippen LogP contribution in [0, 0.1) is 12.8 Å². The molecule has 2 amide bonds. The van der Waals surface area contributed by atoms with Gasteiger partial charge < -0.3 is 16.0 Å². The van der Waals surface area contributed by atoms with Crippen LogP contribution >= 0.6 is 12.4 Å². The number of aryl methyl sites for hydroxylation is 1. The molecule has 150 valence electrons. The van der Waals surface area contributed by atoms with E-state index in [1.807, 2.05) is 25.1 Å². The molecule has 2 aliphatic rings. The number of hydrogen-bond donors (Lipinski definition) is 3. The lowest BCUT2D eigenvalue weighted by Crippen LogP contribution is -2.36. The molecule has 0 radical (unpaired) electrons. The first-order valence-corrected chi connectivity index (χ1v) is 10.0. The SMILES string of the molecule is Cc1cc(C(=O)NC2CCCCC2)ccc1NC(=O)CCC1CCNC1.Cl. The molecule has 6 heteroatoms. The van der Waals surface area contributed by atoms with Crippen molar-refractivity contribution in [1.82, 2.24) is 10.6 Å². The number of benzene rings is 1. The predicted molar refractivity (Wildman–Crippen MR) is 112 cm³/mol. The lowest BCUT2D eigenvalue weighted by Gasteiger charge is -2.23. The van der Waals surface area contributed by atoms with E-state index < -0.39 is 0 Å². The topological polar surface area (TPSA) is 70.2 Å². The number of anilines is 1. The van der Waals surface area contributed by atoms with Gasteiger partial charge in [0.2, 0.25) is 5.91 Å². The van der Waals surface area contributed by atoms with Gasteiger partial charge in [0.1, 0.15) is 0 Å². The van der Waals surface area contributed by atoms with Crippen LogP contribution in [0.3, 0.4) is 0 Å². The number of amides is 2. The summed E-state index contributed by atoms with van der Waals surface area (Å²) >= 11 is 0. The van der Waals surface area contributed by atoms with Crippen molar-refractivity contribution in [2.75, 3.05) is 18.4 Å². The molecule has 1 saturated carbocycles. The normalized spacial score (nSPS) is 20.0. The van der Waals surface area contributed by atoms with Gasteiger partial charge in [-0.15, -0.1) is 12.4 Å². The fourth-order valence-corrected chi connectivity index (χ4v) is 3.97. The molecular formula is C21H32ClN3O2. The minimum Gasteiger partial charge on any atom is -0.349 e. The fourth-order valence-electron chi connectivity index (χ4n) is 3.97.